The van der Waals surface area contributed by atoms with Crippen molar-refractivity contribution in [2.75, 3.05) is 6.61 Å². The molecule has 0 aliphatic heterocycles. The standard InChI is InChI=1S/C13H17N3O2/c1-2-10(6-8-17)15-13(18)11-9-14-12-5-3-4-7-16(11)12/h3-5,7,9-10,17H,2,6,8H2,1H3,(H,15,18). The molecule has 2 aromatic heterocycles. The fraction of sp³-hybridized carbons (Fsp3) is 0.385. The van der Waals surface area contributed by atoms with Crippen LogP contribution < -0.4 is 5.32 Å². The Morgan fingerprint density at radius 1 is 1.56 bits per heavy atom. The van der Waals surface area contributed by atoms with Crippen molar-refractivity contribution in [1.29, 1.82) is 0 Å². The van der Waals surface area contributed by atoms with E-state index in [4.69, 9.17) is 5.11 Å². The second-order valence-electron chi connectivity index (χ2n) is 4.16. The summed E-state index contributed by atoms with van der Waals surface area (Å²) in [4.78, 5) is 16.3. The van der Waals surface area contributed by atoms with Crippen LogP contribution in [0.3, 0.4) is 0 Å². The Hall–Kier alpha value is -1.88. The minimum absolute atomic E-state index is 0.00300. The number of amides is 1. The highest BCUT2D eigenvalue weighted by atomic mass is 16.3. The van der Waals surface area contributed by atoms with Gasteiger partial charge in [0.25, 0.3) is 5.91 Å². The highest BCUT2D eigenvalue weighted by Gasteiger charge is 2.15. The van der Waals surface area contributed by atoms with Gasteiger partial charge in [0.15, 0.2) is 0 Å². The molecule has 0 fully saturated rings. The number of imidazole rings is 1. The summed E-state index contributed by atoms with van der Waals surface area (Å²) in [5.74, 6) is -0.158. The number of carbonyl (C=O) groups excluding carboxylic acids is 1. The quantitative estimate of drug-likeness (QED) is 0.835. The molecule has 2 heterocycles. The number of nitrogens with one attached hydrogen (secondary N) is 1. The smallest absolute Gasteiger partial charge is 0.270 e. The molecule has 18 heavy (non-hydrogen) atoms. The summed E-state index contributed by atoms with van der Waals surface area (Å²) >= 11 is 0. The monoisotopic (exact) mass is 247 g/mol. The number of fused-ring (bicyclic) bond motifs is 1. The Morgan fingerprint density at radius 3 is 3.11 bits per heavy atom. The molecule has 0 saturated carbocycles. The predicted octanol–water partition coefficient (Wildman–Crippen LogP) is 1.23. The topological polar surface area (TPSA) is 66.6 Å². The average molecular weight is 247 g/mol. The third-order valence-electron chi connectivity index (χ3n) is 2.96. The molecular formula is C13H17N3O2. The van der Waals surface area contributed by atoms with Gasteiger partial charge >= 0.3 is 0 Å². The molecule has 2 rings (SSSR count). The van der Waals surface area contributed by atoms with Crippen molar-refractivity contribution in [3.63, 3.8) is 0 Å². The lowest BCUT2D eigenvalue weighted by Gasteiger charge is -2.15. The summed E-state index contributed by atoms with van der Waals surface area (Å²) in [6, 6.07) is 5.58. The van der Waals surface area contributed by atoms with E-state index in [-0.39, 0.29) is 18.6 Å². The summed E-state index contributed by atoms with van der Waals surface area (Å²) < 4.78 is 1.75. The fourth-order valence-corrected chi connectivity index (χ4v) is 1.89. The minimum Gasteiger partial charge on any atom is -0.396 e. The van der Waals surface area contributed by atoms with Crippen molar-refractivity contribution in [3.05, 3.63) is 36.3 Å². The summed E-state index contributed by atoms with van der Waals surface area (Å²) in [5, 5.41) is 11.8. The van der Waals surface area contributed by atoms with Crippen LogP contribution >= 0.6 is 0 Å². The number of aliphatic hydroxyl groups is 1. The van der Waals surface area contributed by atoms with Gasteiger partial charge < -0.3 is 10.4 Å². The van der Waals surface area contributed by atoms with Gasteiger partial charge in [0.2, 0.25) is 0 Å². The van der Waals surface area contributed by atoms with Gasteiger partial charge in [0.1, 0.15) is 11.3 Å². The van der Waals surface area contributed by atoms with Crippen molar-refractivity contribution in [1.82, 2.24) is 14.7 Å². The molecule has 1 atom stereocenters. The molecule has 96 valence electrons. The number of aliphatic hydroxyl groups excluding tert-OH is 1. The normalized spacial score (nSPS) is 12.6. The zero-order valence-corrected chi connectivity index (χ0v) is 10.3. The first kappa shape index (κ1) is 12.6. The lowest BCUT2D eigenvalue weighted by molar-refractivity contribution is 0.0923. The summed E-state index contributed by atoms with van der Waals surface area (Å²) in [7, 11) is 0. The molecule has 0 saturated heterocycles. The molecule has 5 heteroatoms. The van der Waals surface area contributed by atoms with Crippen LogP contribution in [0.4, 0.5) is 0 Å². The zero-order valence-electron chi connectivity index (χ0n) is 10.3. The first-order valence-electron chi connectivity index (χ1n) is 6.10. The van der Waals surface area contributed by atoms with Gasteiger partial charge in [0, 0.05) is 18.8 Å². The van der Waals surface area contributed by atoms with Gasteiger partial charge in [-0.2, -0.15) is 0 Å². The Kier molecular flexibility index (Phi) is 3.94. The number of aromatic nitrogens is 2. The maximum absolute atomic E-state index is 12.1. The second kappa shape index (κ2) is 5.64. The number of nitrogens with zero attached hydrogens (tertiary/aromatic N) is 2. The van der Waals surface area contributed by atoms with E-state index >= 15 is 0 Å². The molecule has 2 N–H and O–H groups in total. The van der Waals surface area contributed by atoms with Crippen LogP contribution in [0.15, 0.2) is 30.6 Å². The molecule has 0 radical (unpaired) electrons. The van der Waals surface area contributed by atoms with Gasteiger partial charge in [0.05, 0.1) is 6.20 Å². The molecule has 0 aliphatic carbocycles. The Morgan fingerprint density at radius 2 is 2.39 bits per heavy atom. The van der Waals surface area contributed by atoms with Crippen LogP contribution in [0.25, 0.3) is 5.65 Å². The molecule has 0 spiro atoms. The van der Waals surface area contributed by atoms with Crippen molar-refractivity contribution in [2.24, 2.45) is 0 Å². The molecule has 0 aromatic carbocycles. The maximum atomic E-state index is 12.1. The largest absolute Gasteiger partial charge is 0.396 e. The minimum atomic E-state index is -0.158. The molecule has 0 aliphatic rings. The molecule has 5 nitrogen and oxygen atoms in total. The molecule has 1 amide bonds. The molecule has 0 bridgehead atoms. The first-order valence-corrected chi connectivity index (χ1v) is 6.10. The van der Waals surface area contributed by atoms with Gasteiger partial charge in [-0.05, 0) is 25.0 Å². The zero-order chi connectivity index (χ0) is 13.0. The van der Waals surface area contributed by atoms with Crippen LogP contribution in [-0.2, 0) is 0 Å². The lowest BCUT2D eigenvalue weighted by atomic mass is 10.1. The molecular weight excluding hydrogens is 230 g/mol. The van der Waals surface area contributed by atoms with E-state index < -0.39 is 0 Å². The van der Waals surface area contributed by atoms with E-state index in [1.165, 1.54) is 0 Å². The first-order chi connectivity index (χ1) is 8.76. The number of rotatable bonds is 5. The van der Waals surface area contributed by atoms with Crippen LogP contribution in [-0.4, -0.2) is 33.0 Å². The lowest BCUT2D eigenvalue weighted by Crippen LogP contribution is -2.35. The van der Waals surface area contributed by atoms with E-state index in [1.807, 2.05) is 31.3 Å². The number of pyridine rings is 1. The van der Waals surface area contributed by atoms with Crippen LogP contribution in [0.2, 0.25) is 0 Å². The van der Waals surface area contributed by atoms with E-state index in [1.54, 1.807) is 10.6 Å². The van der Waals surface area contributed by atoms with E-state index in [9.17, 15) is 4.79 Å². The third-order valence-corrected chi connectivity index (χ3v) is 2.96. The van der Waals surface area contributed by atoms with Gasteiger partial charge in [-0.3, -0.25) is 9.20 Å². The van der Waals surface area contributed by atoms with Crippen LogP contribution in [0.5, 0.6) is 0 Å². The SMILES string of the molecule is CCC(CCO)NC(=O)c1cnc2ccccn12. The summed E-state index contributed by atoms with van der Waals surface area (Å²) in [6.45, 7) is 2.06. The Balaban J connectivity index is 2.18. The number of hydrogen-bond acceptors (Lipinski definition) is 3. The van der Waals surface area contributed by atoms with E-state index in [2.05, 4.69) is 10.3 Å². The van der Waals surface area contributed by atoms with Gasteiger partial charge in [-0.25, -0.2) is 4.98 Å². The summed E-state index contributed by atoms with van der Waals surface area (Å²) in [6.07, 6.45) is 4.74. The number of carbonyl (C=O) groups is 1. The third kappa shape index (κ3) is 2.51. The highest BCUT2D eigenvalue weighted by Crippen LogP contribution is 2.07. The highest BCUT2D eigenvalue weighted by molar-refractivity contribution is 5.93. The molecule has 1 unspecified atom stereocenters. The van der Waals surface area contributed by atoms with Crippen LogP contribution in [0.1, 0.15) is 30.3 Å². The Bertz CT molecular complexity index is 536. The van der Waals surface area contributed by atoms with Gasteiger partial charge in [-0.1, -0.05) is 13.0 Å². The Labute approximate surface area is 105 Å². The maximum Gasteiger partial charge on any atom is 0.270 e. The average Bonchev–Trinajstić information content (AvgIpc) is 2.82. The van der Waals surface area contributed by atoms with Crippen molar-refractivity contribution >= 4 is 11.6 Å². The van der Waals surface area contributed by atoms with E-state index in [0.717, 1.165) is 12.1 Å². The van der Waals surface area contributed by atoms with E-state index in [0.29, 0.717) is 12.1 Å². The number of hydrogen-bond donors (Lipinski definition) is 2. The molecule has 2 aromatic rings. The van der Waals surface area contributed by atoms with Crippen molar-refractivity contribution in [2.45, 2.75) is 25.8 Å². The van der Waals surface area contributed by atoms with Gasteiger partial charge in [-0.15, -0.1) is 0 Å². The second-order valence-corrected chi connectivity index (χ2v) is 4.16. The fourth-order valence-electron chi connectivity index (χ4n) is 1.89. The van der Waals surface area contributed by atoms with Crippen molar-refractivity contribution < 1.29 is 9.90 Å². The van der Waals surface area contributed by atoms with Crippen molar-refractivity contribution in [3.8, 4) is 0 Å². The van der Waals surface area contributed by atoms with Crippen LogP contribution in [0, 0.1) is 0 Å². The predicted molar refractivity (Wildman–Crippen MR) is 68.4 cm³/mol. The summed E-state index contributed by atoms with van der Waals surface area (Å²) in [5.41, 5.74) is 1.26.